The summed E-state index contributed by atoms with van der Waals surface area (Å²) in [6.45, 7) is 0. The van der Waals surface area contributed by atoms with Crippen LogP contribution in [-0.2, 0) is 40.5 Å². The van der Waals surface area contributed by atoms with Crippen molar-refractivity contribution < 1.29 is 67.0 Å². The molecule has 0 atom stereocenters. The van der Waals surface area contributed by atoms with Gasteiger partial charge in [-0.25, -0.2) is 0 Å². The van der Waals surface area contributed by atoms with Crippen LogP contribution in [0.15, 0.2) is 105 Å². The van der Waals surface area contributed by atoms with Gasteiger partial charge in [0.15, 0.2) is 11.5 Å². The van der Waals surface area contributed by atoms with E-state index in [2.05, 4.69) is 30.7 Å². The number of azo groups is 3. The molecular formula is C27H20N8O16S4. The van der Waals surface area contributed by atoms with Gasteiger partial charge in [-0.05, 0) is 47.9 Å². The Morgan fingerprint density at radius 1 is 0.600 bits per heavy atom. The summed E-state index contributed by atoms with van der Waals surface area (Å²) in [6.07, 6.45) is 0. The molecule has 0 saturated heterocycles. The lowest BCUT2D eigenvalue weighted by Gasteiger charge is -2.14. The normalized spacial score (nSPS) is 13.2. The first kappa shape index (κ1) is 40.1. The average Bonchev–Trinajstić information content (AvgIpc) is 3.06. The Labute approximate surface area is 307 Å². The van der Waals surface area contributed by atoms with Gasteiger partial charge in [-0.3, -0.25) is 28.3 Å². The molecule has 288 valence electrons. The second kappa shape index (κ2) is 13.9. The van der Waals surface area contributed by atoms with Crippen molar-refractivity contribution in [2.75, 3.05) is 12.8 Å². The number of benzene rings is 5. The van der Waals surface area contributed by atoms with Gasteiger partial charge in [0.2, 0.25) is 0 Å². The first-order valence-corrected chi connectivity index (χ1v) is 19.8. The summed E-state index contributed by atoms with van der Waals surface area (Å²) < 4.78 is 137. The lowest BCUT2D eigenvalue weighted by Crippen LogP contribution is -2.04. The predicted molar refractivity (Wildman–Crippen MR) is 187 cm³/mol. The number of phenols is 2. The van der Waals surface area contributed by atoms with Crippen LogP contribution < -0.4 is 5.73 Å². The molecule has 0 aliphatic rings. The van der Waals surface area contributed by atoms with Crippen LogP contribution in [0.5, 0.6) is 11.5 Å². The van der Waals surface area contributed by atoms with Crippen molar-refractivity contribution in [1.29, 1.82) is 0 Å². The highest BCUT2D eigenvalue weighted by atomic mass is 32.2. The van der Waals surface area contributed by atoms with Gasteiger partial charge < -0.3 is 15.9 Å². The molecule has 0 aromatic heterocycles. The van der Waals surface area contributed by atoms with Gasteiger partial charge in [0.25, 0.3) is 46.2 Å². The molecule has 55 heavy (non-hydrogen) atoms. The number of nitrogens with two attached hydrogens (primary N) is 1. The first-order valence-electron chi connectivity index (χ1n) is 14.1. The summed E-state index contributed by atoms with van der Waals surface area (Å²) in [4.78, 5) is 5.56. The highest BCUT2D eigenvalue weighted by molar-refractivity contribution is 7.87. The molecule has 5 rings (SSSR count). The van der Waals surface area contributed by atoms with Gasteiger partial charge in [-0.1, -0.05) is 0 Å². The minimum absolute atomic E-state index is 0.00585. The Hall–Kier alpha value is -6.14. The number of rotatable bonds is 10. The van der Waals surface area contributed by atoms with Crippen LogP contribution in [0.25, 0.3) is 21.5 Å². The maximum Gasteiger partial charge on any atom is 0.297 e. The molecule has 5 aromatic rings. The van der Waals surface area contributed by atoms with E-state index in [1.54, 1.807) is 0 Å². The van der Waals surface area contributed by atoms with Crippen molar-refractivity contribution in [3.8, 4) is 11.5 Å². The molecule has 5 aromatic carbocycles. The number of phenolic OH excluding ortho intramolecular Hbond substituents is 2. The predicted octanol–water partition coefficient (Wildman–Crippen LogP) is 5.43. The van der Waals surface area contributed by atoms with E-state index < -0.39 is 121 Å². The van der Waals surface area contributed by atoms with Crippen LogP contribution in [0.2, 0.25) is 0 Å². The molecule has 0 amide bonds. The van der Waals surface area contributed by atoms with Crippen molar-refractivity contribution in [2.45, 2.75) is 19.6 Å². The fourth-order valence-electron chi connectivity index (χ4n) is 5.01. The number of nitrogens with zero attached hydrogens (tertiary/aromatic N) is 7. The third-order valence-electron chi connectivity index (χ3n) is 7.35. The van der Waals surface area contributed by atoms with Gasteiger partial charge in [0.05, 0.1) is 21.7 Å². The highest BCUT2D eigenvalue weighted by Gasteiger charge is 2.29. The Morgan fingerprint density at radius 2 is 1.16 bits per heavy atom. The quantitative estimate of drug-likeness (QED) is 0.0303. The summed E-state index contributed by atoms with van der Waals surface area (Å²) in [7, 11) is -19.9. The fraction of sp³-hybridized carbons (Fsp3) is 0.0370. The van der Waals surface area contributed by atoms with Gasteiger partial charge in [-0.15, -0.1) is 15.3 Å². The van der Waals surface area contributed by atoms with E-state index in [-0.39, 0.29) is 16.5 Å². The summed E-state index contributed by atoms with van der Waals surface area (Å²) >= 11 is 0. The molecule has 8 N–H and O–H groups in total. The van der Waals surface area contributed by atoms with E-state index in [4.69, 9.17) is 5.73 Å². The zero-order chi connectivity index (χ0) is 41.0. The minimum atomic E-state index is -5.49. The maximum atomic E-state index is 12.5. The van der Waals surface area contributed by atoms with Crippen molar-refractivity contribution in [1.82, 2.24) is 0 Å². The summed E-state index contributed by atoms with van der Waals surface area (Å²) in [6, 6.07) is 7.28. The maximum absolute atomic E-state index is 12.5. The molecule has 0 unspecified atom stereocenters. The molecule has 0 saturated carbocycles. The Morgan fingerprint density at radius 3 is 1.73 bits per heavy atom. The molecule has 0 fully saturated rings. The third kappa shape index (κ3) is 7.90. The number of nitro groups is 1. The number of hydrogen-bond acceptors (Lipinski definition) is 19. The Bertz CT molecular complexity index is 3060. The molecular weight excluding hydrogens is 821 g/mol. The van der Waals surface area contributed by atoms with E-state index >= 15 is 0 Å². The van der Waals surface area contributed by atoms with Crippen LogP contribution in [0.3, 0.4) is 0 Å². The Kier molecular flexibility index (Phi) is 10.1. The zero-order valence-corrected chi connectivity index (χ0v) is 30.1. The van der Waals surface area contributed by atoms with Crippen LogP contribution in [0, 0.1) is 10.1 Å². The summed E-state index contributed by atoms with van der Waals surface area (Å²) in [5.74, 6) is -2.05. The number of anilines is 1. The number of aromatic hydroxyl groups is 2. The van der Waals surface area contributed by atoms with Gasteiger partial charge in [0.1, 0.15) is 42.3 Å². The van der Waals surface area contributed by atoms with Crippen LogP contribution in [-0.4, -0.2) is 74.1 Å². The summed E-state index contributed by atoms with van der Waals surface area (Å²) in [5.41, 5.74) is 1.26. The van der Waals surface area contributed by atoms with E-state index in [0.717, 1.165) is 18.2 Å². The average molecular weight is 841 g/mol. The monoisotopic (exact) mass is 840 g/mol. The van der Waals surface area contributed by atoms with Gasteiger partial charge >= 0.3 is 0 Å². The standard InChI is InChI=1S/C27H20N8O16S4/c1-29-33-24-20(54(46,47)48)7-11-6-12(2-4-14(11)26(24)36)30-32-17-10-18(52(40,41)42)15-9-21(55(49,50)51)25(27(37)22(15)23(17)28)34-31-16-5-3-13(35(38)39)8-19(16)53(43,44)45/h2-10,36-37H,28H2,1H3,(H,40,41,42)(H,43,44,45)(H,46,47,48)(H,49,50,51). The largest absolute Gasteiger partial charge is 0.505 e. The van der Waals surface area contributed by atoms with Gasteiger partial charge in [0, 0.05) is 30.0 Å². The molecule has 0 radical (unpaired) electrons. The lowest BCUT2D eigenvalue weighted by molar-refractivity contribution is -0.385. The Balaban J connectivity index is 1.76. The number of fused-ring (bicyclic) bond motifs is 2. The molecule has 0 heterocycles. The SMILES string of the molecule is CN=Nc1c(S(=O)(=O)O)cc2cc(N=Nc3cc(S(=O)(=O)O)c4cc(S(=O)(=O)O)c(N=Nc5ccc([N+](=O)[O-])cc5S(=O)(=O)O)c(O)c4c3N)ccc2c1O. The van der Waals surface area contributed by atoms with E-state index in [1.807, 2.05) is 0 Å². The fourth-order valence-corrected chi connectivity index (χ4v) is 7.66. The third-order valence-corrected chi connectivity index (χ3v) is 10.9. The number of nitro benzene ring substituents is 1. The highest BCUT2D eigenvalue weighted by Crippen LogP contribution is 2.49. The van der Waals surface area contributed by atoms with Crippen LogP contribution in [0.4, 0.5) is 39.8 Å². The van der Waals surface area contributed by atoms with E-state index in [9.17, 15) is 72.2 Å². The first-order chi connectivity index (χ1) is 25.3. The topological polar surface area (TPSA) is 401 Å². The molecule has 0 bridgehead atoms. The summed E-state index contributed by atoms with van der Waals surface area (Å²) in [5, 5.41) is 52.9. The van der Waals surface area contributed by atoms with E-state index in [1.165, 1.54) is 19.2 Å². The van der Waals surface area contributed by atoms with Crippen molar-refractivity contribution in [2.24, 2.45) is 30.7 Å². The zero-order valence-electron chi connectivity index (χ0n) is 26.8. The molecule has 24 nitrogen and oxygen atoms in total. The van der Waals surface area contributed by atoms with Crippen molar-refractivity contribution in [3.63, 3.8) is 0 Å². The second-order valence-electron chi connectivity index (χ2n) is 10.8. The molecule has 28 heteroatoms. The minimum Gasteiger partial charge on any atom is -0.505 e. The second-order valence-corrected chi connectivity index (χ2v) is 16.3. The van der Waals surface area contributed by atoms with Crippen molar-refractivity contribution >= 4 is 102 Å². The molecule has 0 spiro atoms. The van der Waals surface area contributed by atoms with Crippen LogP contribution >= 0.6 is 0 Å². The van der Waals surface area contributed by atoms with Crippen molar-refractivity contribution in [3.05, 3.63) is 64.7 Å². The van der Waals surface area contributed by atoms with E-state index in [0.29, 0.717) is 24.3 Å². The molecule has 0 aliphatic heterocycles. The molecule has 0 aliphatic carbocycles. The number of hydrogen-bond donors (Lipinski definition) is 7. The van der Waals surface area contributed by atoms with Gasteiger partial charge in [-0.2, -0.15) is 49.0 Å². The number of non-ortho nitro benzene ring substituents is 1. The number of nitrogen functional groups attached to an aromatic ring is 1. The lowest BCUT2D eigenvalue weighted by atomic mass is 10.0. The van der Waals surface area contributed by atoms with Crippen LogP contribution in [0.1, 0.15) is 0 Å². The smallest absolute Gasteiger partial charge is 0.297 e.